The Morgan fingerprint density at radius 1 is 1.33 bits per heavy atom. The van der Waals surface area contributed by atoms with Gasteiger partial charge in [-0.15, -0.1) is 0 Å². The van der Waals surface area contributed by atoms with Crippen molar-refractivity contribution < 1.29 is 14.1 Å². The Kier molecular flexibility index (Phi) is 4.98. The third-order valence-electron chi connectivity index (χ3n) is 3.17. The lowest BCUT2D eigenvalue weighted by Gasteiger charge is -2.07. The van der Waals surface area contributed by atoms with Crippen LogP contribution in [0, 0.1) is 5.92 Å². The minimum Gasteiger partial charge on any atom is -0.497 e. The number of aromatic nitrogens is 1. The highest BCUT2D eigenvalue weighted by atomic mass is 16.5. The van der Waals surface area contributed by atoms with Crippen molar-refractivity contribution in [1.29, 1.82) is 0 Å². The molecule has 0 fully saturated rings. The molecule has 21 heavy (non-hydrogen) atoms. The van der Waals surface area contributed by atoms with E-state index in [2.05, 4.69) is 24.3 Å². The van der Waals surface area contributed by atoms with E-state index < -0.39 is 0 Å². The molecule has 0 spiro atoms. The van der Waals surface area contributed by atoms with Gasteiger partial charge in [0.15, 0.2) is 5.76 Å². The molecule has 0 aliphatic carbocycles. The summed E-state index contributed by atoms with van der Waals surface area (Å²) in [6.45, 7) is 4.88. The second-order valence-electron chi connectivity index (χ2n) is 5.24. The average Bonchev–Trinajstić information content (AvgIpc) is 2.96. The van der Waals surface area contributed by atoms with Crippen molar-refractivity contribution in [1.82, 2.24) is 10.5 Å². The summed E-state index contributed by atoms with van der Waals surface area (Å²) in [6.07, 6.45) is 2.39. The first-order valence-corrected chi connectivity index (χ1v) is 6.99. The lowest BCUT2D eigenvalue weighted by Crippen LogP contribution is -2.25. The van der Waals surface area contributed by atoms with Crippen molar-refractivity contribution in [2.45, 2.75) is 20.3 Å². The first kappa shape index (κ1) is 15.1. The van der Waals surface area contributed by atoms with Gasteiger partial charge in [-0.3, -0.25) is 4.79 Å². The van der Waals surface area contributed by atoms with Gasteiger partial charge in [0.2, 0.25) is 0 Å². The molecule has 1 amide bonds. The SMILES string of the molecule is COc1ccc(-c2oncc2C(=O)NCCC(C)C)cc1. The Labute approximate surface area is 124 Å². The molecule has 5 nitrogen and oxygen atoms in total. The van der Waals surface area contributed by atoms with E-state index in [4.69, 9.17) is 9.26 Å². The van der Waals surface area contributed by atoms with Gasteiger partial charge in [-0.1, -0.05) is 19.0 Å². The molecule has 2 aromatic rings. The quantitative estimate of drug-likeness (QED) is 0.887. The third-order valence-corrected chi connectivity index (χ3v) is 3.17. The molecule has 2 rings (SSSR count). The largest absolute Gasteiger partial charge is 0.497 e. The number of methoxy groups -OCH3 is 1. The minimum atomic E-state index is -0.164. The second kappa shape index (κ2) is 6.92. The third kappa shape index (κ3) is 3.84. The van der Waals surface area contributed by atoms with E-state index in [9.17, 15) is 4.79 Å². The van der Waals surface area contributed by atoms with Crippen LogP contribution in [0.3, 0.4) is 0 Å². The number of carbonyl (C=O) groups is 1. The monoisotopic (exact) mass is 288 g/mol. The summed E-state index contributed by atoms with van der Waals surface area (Å²) in [6, 6.07) is 7.31. The van der Waals surface area contributed by atoms with E-state index >= 15 is 0 Å². The van der Waals surface area contributed by atoms with Gasteiger partial charge in [0.25, 0.3) is 5.91 Å². The zero-order chi connectivity index (χ0) is 15.2. The maximum absolute atomic E-state index is 12.2. The molecular weight excluding hydrogens is 268 g/mol. The molecule has 0 saturated carbocycles. The van der Waals surface area contributed by atoms with Crippen LogP contribution < -0.4 is 10.1 Å². The second-order valence-corrected chi connectivity index (χ2v) is 5.24. The first-order chi connectivity index (χ1) is 10.1. The van der Waals surface area contributed by atoms with Crippen LogP contribution in [0.5, 0.6) is 5.75 Å². The molecule has 1 N–H and O–H groups in total. The topological polar surface area (TPSA) is 64.4 Å². The van der Waals surface area contributed by atoms with Crippen LogP contribution >= 0.6 is 0 Å². The van der Waals surface area contributed by atoms with Crippen LogP contribution in [0.25, 0.3) is 11.3 Å². The Balaban J connectivity index is 2.11. The fraction of sp³-hybridized carbons (Fsp3) is 0.375. The van der Waals surface area contributed by atoms with Gasteiger partial charge in [-0.25, -0.2) is 0 Å². The Bertz CT molecular complexity index is 588. The van der Waals surface area contributed by atoms with Gasteiger partial charge < -0.3 is 14.6 Å². The van der Waals surface area contributed by atoms with Crippen molar-refractivity contribution in [2.75, 3.05) is 13.7 Å². The predicted octanol–water partition coefficient (Wildman–Crippen LogP) is 3.13. The van der Waals surface area contributed by atoms with Gasteiger partial charge in [0.1, 0.15) is 11.3 Å². The summed E-state index contributed by atoms with van der Waals surface area (Å²) < 4.78 is 10.3. The molecule has 0 aliphatic rings. The number of nitrogens with one attached hydrogen (secondary N) is 1. The molecule has 5 heteroatoms. The Morgan fingerprint density at radius 2 is 2.05 bits per heavy atom. The van der Waals surface area contributed by atoms with E-state index in [1.165, 1.54) is 6.20 Å². The van der Waals surface area contributed by atoms with Gasteiger partial charge in [0, 0.05) is 12.1 Å². The smallest absolute Gasteiger partial charge is 0.256 e. The van der Waals surface area contributed by atoms with Gasteiger partial charge >= 0.3 is 0 Å². The lowest BCUT2D eigenvalue weighted by molar-refractivity contribution is 0.0952. The van der Waals surface area contributed by atoms with Crippen molar-refractivity contribution in [3.63, 3.8) is 0 Å². The number of carbonyl (C=O) groups excluding carboxylic acids is 1. The van der Waals surface area contributed by atoms with Crippen LogP contribution in [0.2, 0.25) is 0 Å². The molecule has 0 unspecified atom stereocenters. The highest BCUT2D eigenvalue weighted by molar-refractivity contribution is 5.99. The normalized spacial score (nSPS) is 10.7. The molecule has 0 bridgehead atoms. The highest BCUT2D eigenvalue weighted by Gasteiger charge is 2.17. The van der Waals surface area contributed by atoms with Gasteiger partial charge in [0.05, 0.1) is 13.3 Å². The summed E-state index contributed by atoms with van der Waals surface area (Å²) in [5.74, 6) is 1.61. The Morgan fingerprint density at radius 3 is 2.67 bits per heavy atom. The first-order valence-electron chi connectivity index (χ1n) is 6.99. The van der Waals surface area contributed by atoms with E-state index in [-0.39, 0.29) is 5.91 Å². The number of hydrogen-bond acceptors (Lipinski definition) is 4. The summed E-state index contributed by atoms with van der Waals surface area (Å²) in [5, 5.41) is 6.62. The summed E-state index contributed by atoms with van der Waals surface area (Å²) in [4.78, 5) is 12.2. The number of benzene rings is 1. The van der Waals surface area contributed by atoms with E-state index in [1.807, 2.05) is 24.3 Å². The summed E-state index contributed by atoms with van der Waals surface area (Å²) in [7, 11) is 1.61. The highest BCUT2D eigenvalue weighted by Crippen LogP contribution is 2.25. The van der Waals surface area contributed by atoms with Crippen LogP contribution in [0.4, 0.5) is 0 Å². The van der Waals surface area contributed by atoms with Crippen molar-refractivity contribution in [3.05, 3.63) is 36.0 Å². The van der Waals surface area contributed by atoms with E-state index in [0.29, 0.717) is 23.8 Å². The number of ether oxygens (including phenoxy) is 1. The van der Waals surface area contributed by atoms with Crippen LogP contribution in [0.1, 0.15) is 30.6 Å². The zero-order valence-corrected chi connectivity index (χ0v) is 12.6. The number of hydrogen-bond donors (Lipinski definition) is 1. The zero-order valence-electron chi connectivity index (χ0n) is 12.6. The molecule has 0 saturated heterocycles. The molecule has 1 aromatic carbocycles. The number of amides is 1. The van der Waals surface area contributed by atoms with Crippen LogP contribution in [0.15, 0.2) is 35.0 Å². The van der Waals surface area contributed by atoms with Gasteiger partial charge in [-0.2, -0.15) is 0 Å². The Hall–Kier alpha value is -2.30. The van der Waals surface area contributed by atoms with Gasteiger partial charge in [-0.05, 0) is 36.6 Å². The van der Waals surface area contributed by atoms with E-state index in [0.717, 1.165) is 17.7 Å². The lowest BCUT2D eigenvalue weighted by atomic mass is 10.1. The molecule has 1 heterocycles. The molecule has 0 aliphatic heterocycles. The fourth-order valence-corrected chi connectivity index (χ4v) is 1.92. The molecule has 0 radical (unpaired) electrons. The molecular formula is C16H20N2O3. The maximum Gasteiger partial charge on any atom is 0.256 e. The predicted molar refractivity (Wildman–Crippen MR) is 80.3 cm³/mol. The van der Waals surface area contributed by atoms with E-state index in [1.54, 1.807) is 7.11 Å². The van der Waals surface area contributed by atoms with Crippen LogP contribution in [-0.4, -0.2) is 24.7 Å². The average molecular weight is 288 g/mol. The fourth-order valence-electron chi connectivity index (χ4n) is 1.92. The minimum absolute atomic E-state index is 0.164. The number of nitrogens with zero attached hydrogens (tertiary/aromatic N) is 1. The number of rotatable bonds is 6. The van der Waals surface area contributed by atoms with Crippen molar-refractivity contribution in [2.24, 2.45) is 5.92 Å². The van der Waals surface area contributed by atoms with Crippen molar-refractivity contribution >= 4 is 5.91 Å². The van der Waals surface area contributed by atoms with Crippen LogP contribution in [-0.2, 0) is 0 Å². The summed E-state index contributed by atoms with van der Waals surface area (Å²) in [5.41, 5.74) is 1.24. The molecule has 0 atom stereocenters. The molecule has 112 valence electrons. The standard InChI is InChI=1S/C16H20N2O3/c1-11(2)8-9-17-16(19)14-10-18-21-15(14)12-4-6-13(20-3)7-5-12/h4-7,10-11H,8-9H2,1-3H3,(H,17,19). The summed E-state index contributed by atoms with van der Waals surface area (Å²) >= 11 is 0. The van der Waals surface area contributed by atoms with Crippen molar-refractivity contribution in [3.8, 4) is 17.1 Å². The molecule has 1 aromatic heterocycles. The maximum atomic E-state index is 12.2.